The third-order valence-corrected chi connectivity index (χ3v) is 3.47. The van der Waals surface area contributed by atoms with Crippen LogP contribution in [0.3, 0.4) is 0 Å². The first-order valence-electron chi connectivity index (χ1n) is 6.60. The number of ether oxygens (including phenoxy) is 1. The zero-order valence-corrected chi connectivity index (χ0v) is 11.4. The third kappa shape index (κ3) is 2.72. The highest BCUT2D eigenvalue weighted by Gasteiger charge is 2.21. The summed E-state index contributed by atoms with van der Waals surface area (Å²) in [6.45, 7) is 6.71. The van der Waals surface area contributed by atoms with E-state index in [-0.39, 0.29) is 0 Å². The van der Waals surface area contributed by atoms with Crippen molar-refractivity contribution in [2.45, 2.75) is 32.7 Å². The second kappa shape index (κ2) is 6.00. The summed E-state index contributed by atoms with van der Waals surface area (Å²) < 4.78 is 5.41. The van der Waals surface area contributed by atoms with Gasteiger partial charge in [-0.15, -0.1) is 0 Å². The molecule has 2 rings (SSSR count). The van der Waals surface area contributed by atoms with Gasteiger partial charge in [-0.1, -0.05) is 0 Å². The predicted molar refractivity (Wildman–Crippen MR) is 73.2 cm³/mol. The molecule has 1 N–H and O–H groups in total. The number of aromatic nitrogens is 2. The number of rotatable bonds is 4. The van der Waals surface area contributed by atoms with Crippen molar-refractivity contribution in [2.24, 2.45) is 0 Å². The minimum absolute atomic E-state index is 0.516. The van der Waals surface area contributed by atoms with Gasteiger partial charge in [0, 0.05) is 38.4 Å². The zero-order chi connectivity index (χ0) is 13.0. The summed E-state index contributed by atoms with van der Waals surface area (Å²) in [4.78, 5) is 11.0. The molecule has 2 heterocycles. The minimum atomic E-state index is 0.516. The Morgan fingerprint density at radius 3 is 2.78 bits per heavy atom. The highest BCUT2D eigenvalue weighted by Crippen LogP contribution is 2.25. The monoisotopic (exact) mass is 250 g/mol. The standard InChI is InChI=1S/C13H22N4O/c1-4-14-12-10(2)13(16-9-15-12)17(3)11-5-7-18-8-6-11/h9,11H,4-8H2,1-3H3,(H,14,15,16). The Kier molecular flexibility index (Phi) is 4.36. The van der Waals surface area contributed by atoms with Crippen LogP contribution in [-0.4, -0.2) is 42.8 Å². The Hall–Kier alpha value is -1.36. The molecule has 0 unspecified atom stereocenters. The molecule has 1 aliphatic rings. The molecule has 1 aliphatic heterocycles. The van der Waals surface area contributed by atoms with Crippen LogP contribution in [0.2, 0.25) is 0 Å². The van der Waals surface area contributed by atoms with E-state index in [0.717, 1.165) is 49.8 Å². The van der Waals surface area contributed by atoms with E-state index < -0.39 is 0 Å². The molecule has 0 atom stereocenters. The molecular weight excluding hydrogens is 228 g/mol. The maximum absolute atomic E-state index is 5.41. The lowest BCUT2D eigenvalue weighted by Gasteiger charge is -2.33. The van der Waals surface area contributed by atoms with Crippen LogP contribution in [-0.2, 0) is 4.74 Å². The fourth-order valence-electron chi connectivity index (χ4n) is 2.39. The van der Waals surface area contributed by atoms with Gasteiger partial charge >= 0.3 is 0 Å². The average Bonchev–Trinajstić information content (AvgIpc) is 2.42. The largest absolute Gasteiger partial charge is 0.381 e. The maximum Gasteiger partial charge on any atom is 0.137 e. The number of nitrogens with zero attached hydrogens (tertiary/aromatic N) is 3. The quantitative estimate of drug-likeness (QED) is 0.883. The number of hydrogen-bond acceptors (Lipinski definition) is 5. The normalized spacial score (nSPS) is 16.6. The van der Waals surface area contributed by atoms with Gasteiger partial charge in [0.2, 0.25) is 0 Å². The Bertz CT molecular complexity index is 391. The Morgan fingerprint density at radius 2 is 2.11 bits per heavy atom. The van der Waals surface area contributed by atoms with Gasteiger partial charge in [-0.2, -0.15) is 0 Å². The summed E-state index contributed by atoms with van der Waals surface area (Å²) in [5, 5.41) is 3.27. The summed E-state index contributed by atoms with van der Waals surface area (Å²) in [6, 6.07) is 0.516. The van der Waals surface area contributed by atoms with Crippen molar-refractivity contribution in [1.29, 1.82) is 0 Å². The highest BCUT2D eigenvalue weighted by atomic mass is 16.5. The van der Waals surface area contributed by atoms with Crippen molar-refractivity contribution in [2.75, 3.05) is 37.0 Å². The van der Waals surface area contributed by atoms with Gasteiger partial charge in [0.1, 0.15) is 18.0 Å². The summed E-state index contributed by atoms with van der Waals surface area (Å²) in [7, 11) is 2.11. The lowest BCUT2D eigenvalue weighted by Crippen LogP contribution is -2.37. The smallest absolute Gasteiger partial charge is 0.137 e. The zero-order valence-electron chi connectivity index (χ0n) is 11.4. The first-order chi connectivity index (χ1) is 8.74. The SMILES string of the molecule is CCNc1ncnc(N(C)C2CCOCC2)c1C. The van der Waals surface area contributed by atoms with E-state index in [1.54, 1.807) is 6.33 Å². The van der Waals surface area contributed by atoms with Crippen LogP contribution in [0, 0.1) is 6.92 Å². The van der Waals surface area contributed by atoms with Crippen molar-refractivity contribution in [3.63, 3.8) is 0 Å². The van der Waals surface area contributed by atoms with E-state index in [1.165, 1.54) is 0 Å². The second-order valence-corrected chi connectivity index (χ2v) is 4.66. The van der Waals surface area contributed by atoms with Crippen LogP contribution >= 0.6 is 0 Å². The molecule has 100 valence electrons. The molecule has 0 amide bonds. The minimum Gasteiger partial charge on any atom is -0.381 e. The summed E-state index contributed by atoms with van der Waals surface area (Å²) in [5.74, 6) is 1.95. The molecule has 1 aromatic heterocycles. The lowest BCUT2D eigenvalue weighted by molar-refractivity contribution is 0.0853. The van der Waals surface area contributed by atoms with Crippen LogP contribution in [0.25, 0.3) is 0 Å². The number of nitrogens with one attached hydrogen (secondary N) is 1. The van der Waals surface area contributed by atoms with E-state index in [0.29, 0.717) is 6.04 Å². The molecule has 0 bridgehead atoms. The van der Waals surface area contributed by atoms with Crippen LogP contribution < -0.4 is 10.2 Å². The second-order valence-electron chi connectivity index (χ2n) is 4.66. The van der Waals surface area contributed by atoms with E-state index >= 15 is 0 Å². The van der Waals surface area contributed by atoms with Gasteiger partial charge in [-0.3, -0.25) is 0 Å². The Morgan fingerprint density at radius 1 is 1.39 bits per heavy atom. The molecule has 5 heteroatoms. The van der Waals surface area contributed by atoms with Gasteiger partial charge in [-0.25, -0.2) is 9.97 Å². The van der Waals surface area contributed by atoms with Gasteiger partial charge in [0.15, 0.2) is 0 Å². The molecule has 0 aromatic carbocycles. The molecule has 1 saturated heterocycles. The van der Waals surface area contributed by atoms with E-state index in [9.17, 15) is 0 Å². The molecule has 0 radical (unpaired) electrons. The van der Waals surface area contributed by atoms with Gasteiger partial charge in [-0.05, 0) is 26.7 Å². The maximum atomic E-state index is 5.41. The average molecular weight is 250 g/mol. The molecule has 18 heavy (non-hydrogen) atoms. The predicted octanol–water partition coefficient (Wildman–Crippen LogP) is 1.83. The van der Waals surface area contributed by atoms with Crippen molar-refractivity contribution in [3.05, 3.63) is 11.9 Å². The first kappa shape index (κ1) is 13.1. The topological polar surface area (TPSA) is 50.3 Å². The molecule has 0 spiro atoms. The molecule has 0 saturated carbocycles. The summed E-state index contributed by atoms with van der Waals surface area (Å²) in [6.07, 6.45) is 3.77. The van der Waals surface area contributed by atoms with E-state index in [2.05, 4.69) is 41.1 Å². The van der Waals surface area contributed by atoms with Gasteiger partial charge in [0.05, 0.1) is 0 Å². The summed E-state index contributed by atoms with van der Waals surface area (Å²) in [5.41, 5.74) is 1.12. The highest BCUT2D eigenvalue weighted by molar-refractivity contribution is 5.57. The van der Waals surface area contributed by atoms with Crippen LogP contribution in [0.5, 0.6) is 0 Å². The van der Waals surface area contributed by atoms with E-state index in [1.807, 2.05) is 0 Å². The molecular formula is C13H22N4O. The van der Waals surface area contributed by atoms with Crippen LogP contribution in [0.4, 0.5) is 11.6 Å². The molecule has 0 aliphatic carbocycles. The molecule has 5 nitrogen and oxygen atoms in total. The van der Waals surface area contributed by atoms with Crippen molar-refractivity contribution in [3.8, 4) is 0 Å². The van der Waals surface area contributed by atoms with Crippen molar-refractivity contribution in [1.82, 2.24) is 9.97 Å². The number of hydrogen-bond donors (Lipinski definition) is 1. The molecule has 1 aromatic rings. The first-order valence-corrected chi connectivity index (χ1v) is 6.60. The fourth-order valence-corrected chi connectivity index (χ4v) is 2.39. The lowest BCUT2D eigenvalue weighted by atomic mass is 10.1. The van der Waals surface area contributed by atoms with Gasteiger partial charge in [0.25, 0.3) is 0 Å². The van der Waals surface area contributed by atoms with Crippen LogP contribution in [0.1, 0.15) is 25.3 Å². The Labute approximate surface area is 109 Å². The fraction of sp³-hybridized carbons (Fsp3) is 0.692. The molecule has 1 fully saturated rings. The third-order valence-electron chi connectivity index (χ3n) is 3.47. The van der Waals surface area contributed by atoms with Gasteiger partial charge < -0.3 is 15.0 Å². The van der Waals surface area contributed by atoms with Crippen molar-refractivity contribution < 1.29 is 4.74 Å². The number of anilines is 2. The summed E-state index contributed by atoms with van der Waals surface area (Å²) >= 11 is 0. The van der Waals surface area contributed by atoms with E-state index in [4.69, 9.17) is 4.74 Å². The van der Waals surface area contributed by atoms with Crippen molar-refractivity contribution >= 4 is 11.6 Å². The Balaban J connectivity index is 2.18. The van der Waals surface area contributed by atoms with Crippen LogP contribution in [0.15, 0.2) is 6.33 Å².